The molecule has 7 heteroatoms. The van der Waals surface area contributed by atoms with Gasteiger partial charge < -0.3 is 4.90 Å². The molecule has 0 spiro atoms. The van der Waals surface area contributed by atoms with Crippen LogP contribution in [0.25, 0.3) is 0 Å². The van der Waals surface area contributed by atoms with Crippen LogP contribution in [0, 0.1) is 5.82 Å². The number of halogens is 2. The van der Waals surface area contributed by atoms with Crippen LogP contribution in [0.2, 0.25) is 5.02 Å². The Morgan fingerprint density at radius 1 is 1.08 bits per heavy atom. The van der Waals surface area contributed by atoms with Crippen molar-refractivity contribution in [2.75, 3.05) is 26.2 Å². The van der Waals surface area contributed by atoms with E-state index >= 15 is 0 Å². The fourth-order valence-corrected chi connectivity index (χ4v) is 4.65. The van der Waals surface area contributed by atoms with E-state index in [1.807, 2.05) is 6.07 Å². The van der Waals surface area contributed by atoms with Crippen molar-refractivity contribution in [2.45, 2.75) is 11.4 Å². The Kier molecular flexibility index (Phi) is 5.20. The Morgan fingerprint density at radius 2 is 1.79 bits per heavy atom. The molecule has 0 bridgehead atoms. The summed E-state index contributed by atoms with van der Waals surface area (Å²) in [6, 6.07) is 13.0. The molecule has 0 radical (unpaired) electrons. The highest BCUT2D eigenvalue weighted by atomic mass is 35.5. The molecule has 0 aromatic heterocycles. The number of rotatable bonds is 4. The molecule has 1 saturated heterocycles. The summed E-state index contributed by atoms with van der Waals surface area (Å²) in [5, 5.41) is 0.403. The van der Waals surface area contributed by atoms with Crippen molar-refractivity contribution in [2.24, 2.45) is 0 Å². The third-order valence-electron chi connectivity index (χ3n) is 4.26. The summed E-state index contributed by atoms with van der Waals surface area (Å²) in [7, 11) is -3.53. The first-order valence-corrected chi connectivity index (χ1v) is 9.61. The van der Waals surface area contributed by atoms with Crippen molar-refractivity contribution in [3.63, 3.8) is 0 Å². The molecule has 1 N–H and O–H groups in total. The molecule has 1 aliphatic heterocycles. The van der Waals surface area contributed by atoms with Crippen LogP contribution < -0.4 is 4.90 Å². The van der Waals surface area contributed by atoms with Crippen LogP contribution in [0.4, 0.5) is 4.39 Å². The number of quaternary nitrogens is 1. The smallest absolute Gasteiger partial charge is 0.243 e. The van der Waals surface area contributed by atoms with Gasteiger partial charge in [-0.05, 0) is 24.3 Å². The SMILES string of the molecule is O=S(=O)(c1cccc(Cl)c1)N1CC[NH+](Cc2ccccc2F)CC1. The average molecular weight is 370 g/mol. The van der Waals surface area contributed by atoms with Gasteiger partial charge in [0.15, 0.2) is 0 Å². The average Bonchev–Trinajstić information content (AvgIpc) is 2.57. The molecule has 0 saturated carbocycles. The monoisotopic (exact) mass is 369 g/mol. The van der Waals surface area contributed by atoms with Crippen LogP contribution >= 0.6 is 11.6 Å². The third-order valence-corrected chi connectivity index (χ3v) is 6.39. The molecule has 24 heavy (non-hydrogen) atoms. The van der Waals surface area contributed by atoms with Gasteiger partial charge in [-0.25, -0.2) is 12.8 Å². The lowest BCUT2D eigenvalue weighted by molar-refractivity contribution is -0.917. The molecule has 3 rings (SSSR count). The van der Waals surface area contributed by atoms with Gasteiger partial charge in [-0.1, -0.05) is 35.9 Å². The minimum atomic E-state index is -3.53. The number of hydrogen-bond donors (Lipinski definition) is 1. The number of hydrogen-bond acceptors (Lipinski definition) is 2. The van der Waals surface area contributed by atoms with Gasteiger partial charge in [0.1, 0.15) is 12.4 Å². The molecule has 0 unspecified atom stereocenters. The molecule has 1 fully saturated rings. The zero-order chi connectivity index (χ0) is 17.2. The summed E-state index contributed by atoms with van der Waals surface area (Å²) in [6.07, 6.45) is 0. The molecule has 2 aromatic rings. The summed E-state index contributed by atoms with van der Waals surface area (Å²) >= 11 is 5.90. The van der Waals surface area contributed by atoms with Gasteiger partial charge in [0.05, 0.1) is 31.1 Å². The number of nitrogens with one attached hydrogen (secondary N) is 1. The Hall–Kier alpha value is -1.47. The second-order valence-corrected chi connectivity index (χ2v) is 8.25. The summed E-state index contributed by atoms with van der Waals surface area (Å²) < 4.78 is 40.5. The molecular formula is C17H19ClFN2O2S+. The quantitative estimate of drug-likeness (QED) is 0.888. The first-order chi connectivity index (χ1) is 11.5. The van der Waals surface area contributed by atoms with Crippen molar-refractivity contribution in [1.29, 1.82) is 0 Å². The van der Waals surface area contributed by atoms with E-state index < -0.39 is 10.0 Å². The molecule has 128 valence electrons. The van der Waals surface area contributed by atoms with E-state index in [0.717, 1.165) is 0 Å². The minimum absolute atomic E-state index is 0.209. The van der Waals surface area contributed by atoms with Crippen LogP contribution in [-0.2, 0) is 16.6 Å². The lowest BCUT2D eigenvalue weighted by atomic mass is 10.2. The fourth-order valence-electron chi connectivity index (χ4n) is 2.91. The Balaban J connectivity index is 1.65. The third kappa shape index (κ3) is 3.78. The van der Waals surface area contributed by atoms with Crippen LogP contribution in [-0.4, -0.2) is 38.9 Å². The highest BCUT2D eigenvalue weighted by molar-refractivity contribution is 7.89. The van der Waals surface area contributed by atoms with Crippen molar-refractivity contribution in [3.05, 3.63) is 64.9 Å². The molecule has 2 aromatic carbocycles. The van der Waals surface area contributed by atoms with E-state index in [-0.39, 0.29) is 10.7 Å². The van der Waals surface area contributed by atoms with E-state index in [2.05, 4.69) is 0 Å². The molecule has 0 amide bonds. The Bertz CT molecular complexity index is 821. The van der Waals surface area contributed by atoms with Gasteiger partial charge in [-0.15, -0.1) is 0 Å². The van der Waals surface area contributed by atoms with Gasteiger partial charge >= 0.3 is 0 Å². The highest BCUT2D eigenvalue weighted by Crippen LogP contribution is 2.19. The summed E-state index contributed by atoms with van der Waals surface area (Å²) in [6.45, 7) is 2.69. The summed E-state index contributed by atoms with van der Waals surface area (Å²) in [5.41, 5.74) is 0.665. The maximum atomic E-state index is 13.7. The number of sulfonamides is 1. The second-order valence-electron chi connectivity index (χ2n) is 5.88. The Labute approximate surface area is 146 Å². The predicted octanol–water partition coefficient (Wildman–Crippen LogP) is 1.57. The molecular weight excluding hydrogens is 351 g/mol. The van der Waals surface area contributed by atoms with E-state index in [9.17, 15) is 12.8 Å². The van der Waals surface area contributed by atoms with Gasteiger partial charge in [-0.2, -0.15) is 4.31 Å². The van der Waals surface area contributed by atoms with Crippen molar-refractivity contribution >= 4 is 21.6 Å². The van der Waals surface area contributed by atoms with Gasteiger partial charge in [0.25, 0.3) is 0 Å². The second kappa shape index (κ2) is 7.19. The standard InChI is InChI=1S/C17H18ClFN2O2S/c18-15-5-3-6-16(12-15)24(22,23)21-10-8-20(9-11-21)13-14-4-1-2-7-17(14)19/h1-7,12H,8-11,13H2/p+1. The van der Waals surface area contributed by atoms with Crippen LogP contribution in [0.15, 0.2) is 53.4 Å². The first kappa shape index (κ1) is 17.4. The van der Waals surface area contributed by atoms with E-state index in [4.69, 9.17) is 11.6 Å². The lowest BCUT2D eigenvalue weighted by Crippen LogP contribution is -3.13. The fraction of sp³-hybridized carbons (Fsp3) is 0.294. The molecule has 1 aliphatic rings. The van der Waals surface area contributed by atoms with Gasteiger partial charge in [0.2, 0.25) is 10.0 Å². The van der Waals surface area contributed by atoms with Crippen LogP contribution in [0.5, 0.6) is 0 Å². The van der Waals surface area contributed by atoms with E-state index in [1.54, 1.807) is 30.3 Å². The molecule has 0 atom stereocenters. The minimum Gasteiger partial charge on any atom is -0.329 e. The topological polar surface area (TPSA) is 41.8 Å². The summed E-state index contributed by atoms with van der Waals surface area (Å²) in [5.74, 6) is -0.209. The number of nitrogens with zero attached hydrogens (tertiary/aromatic N) is 1. The van der Waals surface area contributed by atoms with Crippen molar-refractivity contribution < 1.29 is 17.7 Å². The largest absolute Gasteiger partial charge is 0.329 e. The van der Waals surface area contributed by atoms with Crippen LogP contribution in [0.3, 0.4) is 0 Å². The van der Waals surface area contributed by atoms with Gasteiger partial charge in [-0.3, -0.25) is 0 Å². The van der Waals surface area contributed by atoms with E-state index in [0.29, 0.717) is 43.3 Å². The zero-order valence-electron chi connectivity index (χ0n) is 13.1. The first-order valence-electron chi connectivity index (χ1n) is 7.79. The summed E-state index contributed by atoms with van der Waals surface area (Å²) in [4.78, 5) is 1.39. The number of benzene rings is 2. The van der Waals surface area contributed by atoms with Crippen LogP contribution in [0.1, 0.15) is 5.56 Å². The Morgan fingerprint density at radius 3 is 2.46 bits per heavy atom. The van der Waals surface area contributed by atoms with Gasteiger partial charge in [0, 0.05) is 10.6 Å². The van der Waals surface area contributed by atoms with Crippen molar-refractivity contribution in [1.82, 2.24) is 4.31 Å². The zero-order valence-corrected chi connectivity index (χ0v) is 14.7. The molecule has 1 heterocycles. The molecule has 4 nitrogen and oxygen atoms in total. The highest BCUT2D eigenvalue weighted by Gasteiger charge is 2.30. The normalized spacial score (nSPS) is 17.1. The maximum absolute atomic E-state index is 13.7. The van der Waals surface area contributed by atoms with Crippen molar-refractivity contribution in [3.8, 4) is 0 Å². The number of piperazine rings is 1. The molecule has 0 aliphatic carbocycles. The van der Waals surface area contributed by atoms with E-state index in [1.165, 1.54) is 21.3 Å². The maximum Gasteiger partial charge on any atom is 0.243 e. The predicted molar refractivity (Wildman–Crippen MR) is 91.0 cm³/mol. The lowest BCUT2D eigenvalue weighted by Gasteiger charge is -2.31.